The maximum atomic E-state index is 5.95. The van der Waals surface area contributed by atoms with E-state index in [-0.39, 0.29) is 0 Å². The van der Waals surface area contributed by atoms with E-state index in [2.05, 4.69) is 10.3 Å². The molecule has 0 atom stereocenters. The van der Waals surface area contributed by atoms with E-state index in [1.807, 2.05) is 48.5 Å². The van der Waals surface area contributed by atoms with Crippen molar-refractivity contribution in [2.75, 3.05) is 13.9 Å². The van der Waals surface area contributed by atoms with E-state index in [0.717, 1.165) is 34.7 Å². The molecule has 28 heavy (non-hydrogen) atoms. The van der Waals surface area contributed by atoms with Crippen LogP contribution >= 0.6 is 0 Å². The molecule has 1 N–H and O–H groups in total. The first-order valence-electron chi connectivity index (χ1n) is 9.10. The number of hydrogen-bond acceptors (Lipinski definition) is 6. The van der Waals surface area contributed by atoms with Gasteiger partial charge in [-0.1, -0.05) is 18.2 Å². The van der Waals surface area contributed by atoms with Gasteiger partial charge in [-0.05, 0) is 41.5 Å². The lowest BCUT2D eigenvalue weighted by atomic mass is 10.1. The molecule has 4 rings (SSSR count). The van der Waals surface area contributed by atoms with Crippen LogP contribution in [0.1, 0.15) is 16.7 Å². The summed E-state index contributed by atoms with van der Waals surface area (Å²) >= 11 is 0. The zero-order valence-corrected chi connectivity index (χ0v) is 15.7. The molecule has 3 aromatic rings. The number of aromatic nitrogens is 1. The molecule has 1 aliphatic rings. The average Bonchev–Trinajstić information content (AvgIpc) is 3.21. The van der Waals surface area contributed by atoms with E-state index in [9.17, 15) is 0 Å². The van der Waals surface area contributed by atoms with E-state index >= 15 is 0 Å². The monoisotopic (exact) mass is 378 g/mol. The van der Waals surface area contributed by atoms with Crippen molar-refractivity contribution in [2.45, 2.75) is 19.7 Å². The number of benzene rings is 2. The van der Waals surface area contributed by atoms with Crippen LogP contribution in [-0.2, 0) is 19.7 Å². The van der Waals surface area contributed by atoms with Crippen molar-refractivity contribution in [3.63, 3.8) is 0 Å². The van der Waals surface area contributed by atoms with Gasteiger partial charge in [-0.15, -0.1) is 0 Å². The Labute approximate surface area is 164 Å². The molecule has 2 aromatic carbocycles. The molecule has 1 aromatic heterocycles. The smallest absolute Gasteiger partial charge is 0.231 e. The highest BCUT2D eigenvalue weighted by atomic mass is 16.7. The molecular weight excluding hydrogens is 356 g/mol. The summed E-state index contributed by atoms with van der Waals surface area (Å²) in [5, 5.41) is 3.44. The van der Waals surface area contributed by atoms with Crippen LogP contribution in [0.5, 0.6) is 23.0 Å². The van der Waals surface area contributed by atoms with Gasteiger partial charge >= 0.3 is 0 Å². The Balaban J connectivity index is 1.36. The Morgan fingerprint density at radius 3 is 2.57 bits per heavy atom. The molecule has 0 radical (unpaired) electrons. The molecule has 0 fully saturated rings. The van der Waals surface area contributed by atoms with Crippen LogP contribution in [0, 0.1) is 0 Å². The minimum atomic E-state index is 0.292. The molecule has 0 amide bonds. The zero-order valence-electron chi connectivity index (χ0n) is 15.7. The largest absolute Gasteiger partial charge is 0.493 e. The lowest BCUT2D eigenvalue weighted by Gasteiger charge is -2.13. The molecule has 6 nitrogen and oxygen atoms in total. The number of rotatable bonds is 8. The van der Waals surface area contributed by atoms with Gasteiger partial charge in [0.05, 0.1) is 7.11 Å². The van der Waals surface area contributed by atoms with Gasteiger partial charge in [-0.2, -0.15) is 0 Å². The number of methoxy groups -OCH3 is 1. The minimum absolute atomic E-state index is 0.292. The van der Waals surface area contributed by atoms with E-state index < -0.39 is 0 Å². The quantitative estimate of drug-likeness (QED) is 0.645. The third-order valence-electron chi connectivity index (χ3n) is 4.44. The third kappa shape index (κ3) is 4.35. The number of fused-ring (bicyclic) bond motifs is 1. The first-order chi connectivity index (χ1) is 13.8. The van der Waals surface area contributed by atoms with Crippen LogP contribution in [0.3, 0.4) is 0 Å². The average molecular weight is 378 g/mol. The van der Waals surface area contributed by atoms with Crippen molar-refractivity contribution in [1.82, 2.24) is 10.3 Å². The van der Waals surface area contributed by atoms with Crippen molar-refractivity contribution in [3.8, 4) is 23.0 Å². The van der Waals surface area contributed by atoms with Gasteiger partial charge < -0.3 is 24.3 Å². The van der Waals surface area contributed by atoms with Gasteiger partial charge in [-0.3, -0.25) is 4.98 Å². The standard InChI is InChI=1S/C22H22N2O4/c1-25-19-6-4-16(9-21(19)26-14-18-3-2-8-23-13-18)11-24-12-17-5-7-20-22(10-17)28-15-27-20/h2-10,13,24H,11-12,14-15H2,1H3. The molecule has 0 aliphatic carbocycles. The van der Waals surface area contributed by atoms with Crippen molar-refractivity contribution in [2.24, 2.45) is 0 Å². The van der Waals surface area contributed by atoms with Crippen LogP contribution in [-0.4, -0.2) is 18.9 Å². The van der Waals surface area contributed by atoms with Gasteiger partial charge in [0.2, 0.25) is 6.79 Å². The van der Waals surface area contributed by atoms with Gasteiger partial charge in [0, 0.05) is 31.0 Å². The fourth-order valence-corrected chi connectivity index (χ4v) is 2.99. The number of nitrogens with zero attached hydrogens (tertiary/aromatic N) is 1. The van der Waals surface area contributed by atoms with Crippen LogP contribution in [0.4, 0.5) is 0 Å². The molecule has 0 saturated carbocycles. The molecule has 0 spiro atoms. The topological polar surface area (TPSA) is 61.8 Å². The molecule has 6 heteroatoms. The van der Waals surface area contributed by atoms with Crippen molar-refractivity contribution < 1.29 is 18.9 Å². The van der Waals surface area contributed by atoms with E-state index in [0.29, 0.717) is 31.4 Å². The maximum absolute atomic E-state index is 5.95. The highest BCUT2D eigenvalue weighted by Crippen LogP contribution is 2.32. The highest BCUT2D eigenvalue weighted by Gasteiger charge is 2.13. The summed E-state index contributed by atoms with van der Waals surface area (Å²) in [7, 11) is 1.64. The normalized spacial score (nSPS) is 12.0. The Hall–Kier alpha value is -3.25. The predicted octanol–water partition coefficient (Wildman–Crippen LogP) is 3.69. The van der Waals surface area contributed by atoms with Crippen molar-refractivity contribution in [1.29, 1.82) is 0 Å². The SMILES string of the molecule is COc1ccc(CNCc2ccc3c(c2)OCO3)cc1OCc1cccnc1. The Bertz CT molecular complexity index is 931. The van der Waals surface area contributed by atoms with Crippen molar-refractivity contribution in [3.05, 3.63) is 77.6 Å². The lowest BCUT2D eigenvalue weighted by molar-refractivity contribution is 0.174. The third-order valence-corrected chi connectivity index (χ3v) is 4.44. The van der Waals surface area contributed by atoms with E-state index in [1.54, 1.807) is 19.5 Å². The fourth-order valence-electron chi connectivity index (χ4n) is 2.99. The molecule has 0 saturated heterocycles. The summed E-state index contributed by atoms with van der Waals surface area (Å²) in [4.78, 5) is 4.11. The fraction of sp³-hybridized carbons (Fsp3) is 0.227. The number of nitrogens with one attached hydrogen (secondary N) is 1. The zero-order chi connectivity index (χ0) is 19.2. The highest BCUT2D eigenvalue weighted by molar-refractivity contribution is 5.45. The molecule has 0 bridgehead atoms. The van der Waals surface area contributed by atoms with Crippen LogP contribution in [0.25, 0.3) is 0 Å². The second-order valence-electron chi connectivity index (χ2n) is 6.43. The van der Waals surface area contributed by atoms with Gasteiger partial charge in [0.15, 0.2) is 23.0 Å². The number of hydrogen-bond donors (Lipinski definition) is 1. The first kappa shape index (κ1) is 18.1. The van der Waals surface area contributed by atoms with Crippen LogP contribution < -0.4 is 24.3 Å². The maximum Gasteiger partial charge on any atom is 0.231 e. The summed E-state index contributed by atoms with van der Waals surface area (Å²) < 4.78 is 22.1. The summed E-state index contributed by atoms with van der Waals surface area (Å²) in [6, 6.07) is 15.8. The second-order valence-corrected chi connectivity index (χ2v) is 6.43. The molecule has 2 heterocycles. The first-order valence-corrected chi connectivity index (χ1v) is 9.10. The van der Waals surface area contributed by atoms with Crippen LogP contribution in [0.15, 0.2) is 60.9 Å². The predicted molar refractivity (Wildman–Crippen MR) is 105 cm³/mol. The Kier molecular flexibility index (Phi) is 5.58. The summed E-state index contributed by atoms with van der Waals surface area (Å²) in [6.45, 7) is 2.17. The van der Waals surface area contributed by atoms with Crippen LogP contribution in [0.2, 0.25) is 0 Å². The molecule has 1 aliphatic heterocycles. The summed E-state index contributed by atoms with van der Waals surface area (Å²) in [5.74, 6) is 3.03. The number of pyridine rings is 1. The molecule has 0 unspecified atom stereocenters. The van der Waals surface area contributed by atoms with Gasteiger partial charge in [0.1, 0.15) is 6.61 Å². The van der Waals surface area contributed by atoms with Crippen molar-refractivity contribution >= 4 is 0 Å². The minimum Gasteiger partial charge on any atom is -0.493 e. The molecule has 144 valence electrons. The Morgan fingerprint density at radius 1 is 0.929 bits per heavy atom. The number of ether oxygens (including phenoxy) is 4. The lowest BCUT2D eigenvalue weighted by Crippen LogP contribution is -2.12. The van der Waals surface area contributed by atoms with E-state index in [1.165, 1.54) is 0 Å². The van der Waals surface area contributed by atoms with Gasteiger partial charge in [0.25, 0.3) is 0 Å². The second kappa shape index (κ2) is 8.63. The van der Waals surface area contributed by atoms with Gasteiger partial charge in [-0.25, -0.2) is 0 Å². The summed E-state index contributed by atoms with van der Waals surface area (Å²) in [5.41, 5.74) is 3.27. The van der Waals surface area contributed by atoms with E-state index in [4.69, 9.17) is 18.9 Å². The Morgan fingerprint density at radius 2 is 1.75 bits per heavy atom. The summed E-state index contributed by atoms with van der Waals surface area (Å²) in [6.07, 6.45) is 3.54. The molecular formula is C22H22N2O4.